The Morgan fingerprint density at radius 1 is 1.16 bits per heavy atom. The number of benzene rings is 2. The van der Waals surface area contributed by atoms with Gasteiger partial charge in [0.05, 0.1) is 24.2 Å². The minimum atomic E-state index is -0.511. The molecule has 0 saturated carbocycles. The summed E-state index contributed by atoms with van der Waals surface area (Å²) in [7, 11) is 0. The van der Waals surface area contributed by atoms with Crippen molar-refractivity contribution in [1.29, 1.82) is 0 Å². The van der Waals surface area contributed by atoms with Crippen LogP contribution in [0.25, 0.3) is 11.0 Å². The summed E-state index contributed by atoms with van der Waals surface area (Å²) in [5.74, 6) is -0.0655. The number of carbonyl (C=O) groups excluding carboxylic acids is 1. The summed E-state index contributed by atoms with van der Waals surface area (Å²) in [6.07, 6.45) is 0.550. The highest BCUT2D eigenvalue weighted by Gasteiger charge is 2.30. The second kappa shape index (κ2) is 8.57. The molecule has 1 amide bonds. The van der Waals surface area contributed by atoms with Crippen molar-refractivity contribution in [3.63, 3.8) is 0 Å². The van der Waals surface area contributed by atoms with Gasteiger partial charge >= 0.3 is 6.09 Å². The van der Waals surface area contributed by atoms with E-state index in [1.807, 2.05) is 55.7 Å². The molecule has 1 aromatic heterocycles. The number of hydrogen-bond acceptors (Lipinski definition) is 4. The van der Waals surface area contributed by atoms with E-state index < -0.39 is 5.60 Å². The van der Waals surface area contributed by atoms with Gasteiger partial charge in [-0.3, -0.25) is 4.57 Å². The fourth-order valence-electron chi connectivity index (χ4n) is 3.77. The number of halogens is 1. The second-order valence-electron chi connectivity index (χ2n) is 8.95. The van der Waals surface area contributed by atoms with Crippen molar-refractivity contribution in [3.05, 3.63) is 59.9 Å². The van der Waals surface area contributed by atoms with Crippen molar-refractivity contribution < 1.29 is 18.7 Å². The maximum Gasteiger partial charge on any atom is 0.410 e. The van der Waals surface area contributed by atoms with E-state index in [1.54, 1.807) is 17.0 Å². The van der Waals surface area contributed by atoms with Crippen molar-refractivity contribution in [3.8, 4) is 6.01 Å². The molecule has 0 radical (unpaired) electrons. The van der Waals surface area contributed by atoms with Gasteiger partial charge in [0.15, 0.2) is 0 Å². The van der Waals surface area contributed by atoms with Gasteiger partial charge in [-0.15, -0.1) is 0 Å². The van der Waals surface area contributed by atoms with Gasteiger partial charge in [-0.25, -0.2) is 9.18 Å². The van der Waals surface area contributed by atoms with Crippen molar-refractivity contribution in [2.24, 2.45) is 5.92 Å². The lowest BCUT2D eigenvalue weighted by Crippen LogP contribution is -2.35. The molecule has 1 fully saturated rings. The first-order chi connectivity index (χ1) is 14.8. The van der Waals surface area contributed by atoms with Gasteiger partial charge in [0.25, 0.3) is 6.01 Å². The number of imidazole rings is 1. The van der Waals surface area contributed by atoms with E-state index in [2.05, 4.69) is 4.98 Å². The number of carbonyl (C=O) groups is 1. The SMILES string of the molecule is CC(C)(C)OC(=O)N1CCC(COc2nc3ccccc3n2Cc2ccccc2F)C1. The van der Waals surface area contributed by atoms with Crippen molar-refractivity contribution in [2.45, 2.75) is 39.3 Å². The van der Waals surface area contributed by atoms with Crippen LogP contribution in [0, 0.1) is 11.7 Å². The first-order valence-electron chi connectivity index (χ1n) is 10.6. The average molecular weight is 426 g/mol. The van der Waals surface area contributed by atoms with Gasteiger partial charge in [-0.05, 0) is 45.4 Å². The number of ether oxygens (including phenoxy) is 2. The van der Waals surface area contributed by atoms with Crippen molar-refractivity contribution in [2.75, 3.05) is 19.7 Å². The molecule has 1 aliphatic rings. The molecule has 1 saturated heterocycles. The molecule has 1 unspecified atom stereocenters. The molecule has 0 spiro atoms. The normalized spacial score (nSPS) is 16.6. The Labute approximate surface area is 181 Å². The van der Waals surface area contributed by atoms with Crippen LogP contribution in [0.5, 0.6) is 6.01 Å². The van der Waals surface area contributed by atoms with Crippen LogP contribution >= 0.6 is 0 Å². The summed E-state index contributed by atoms with van der Waals surface area (Å²) in [4.78, 5) is 18.6. The number of hydrogen-bond donors (Lipinski definition) is 0. The van der Waals surface area contributed by atoms with E-state index in [1.165, 1.54) is 6.07 Å². The fraction of sp³-hybridized carbons (Fsp3) is 0.417. The predicted octanol–water partition coefficient (Wildman–Crippen LogP) is 4.86. The smallest absolute Gasteiger partial charge is 0.410 e. The molecule has 7 heteroatoms. The molecule has 0 bridgehead atoms. The number of amides is 1. The molecule has 2 heterocycles. The lowest BCUT2D eigenvalue weighted by atomic mass is 10.1. The summed E-state index contributed by atoms with van der Waals surface area (Å²) in [5.41, 5.74) is 1.76. The number of aromatic nitrogens is 2. The molecule has 2 aromatic carbocycles. The largest absolute Gasteiger partial charge is 0.464 e. The highest BCUT2D eigenvalue weighted by molar-refractivity contribution is 5.76. The molecule has 0 aliphatic carbocycles. The van der Waals surface area contributed by atoms with Gasteiger partial charge < -0.3 is 14.4 Å². The van der Waals surface area contributed by atoms with E-state index >= 15 is 0 Å². The van der Waals surface area contributed by atoms with Crippen LogP contribution < -0.4 is 4.74 Å². The third-order valence-electron chi connectivity index (χ3n) is 5.29. The topological polar surface area (TPSA) is 56.6 Å². The zero-order chi connectivity index (χ0) is 22.0. The van der Waals surface area contributed by atoms with E-state index in [9.17, 15) is 9.18 Å². The molecule has 3 aromatic rings. The Hall–Kier alpha value is -3.09. The minimum Gasteiger partial charge on any atom is -0.464 e. The van der Waals surface area contributed by atoms with Gasteiger partial charge in [-0.1, -0.05) is 30.3 Å². The van der Waals surface area contributed by atoms with Crippen LogP contribution in [0.3, 0.4) is 0 Å². The predicted molar refractivity (Wildman–Crippen MR) is 117 cm³/mol. The summed E-state index contributed by atoms with van der Waals surface area (Å²) in [6, 6.07) is 14.9. The highest BCUT2D eigenvalue weighted by Crippen LogP contribution is 2.26. The van der Waals surface area contributed by atoms with Crippen LogP contribution in [-0.4, -0.2) is 45.8 Å². The Bertz CT molecular complexity index is 1070. The molecule has 0 N–H and O–H groups in total. The molecule has 1 aliphatic heterocycles. The number of likely N-dealkylation sites (tertiary alicyclic amines) is 1. The summed E-state index contributed by atoms with van der Waals surface area (Å²) >= 11 is 0. The van der Waals surface area contributed by atoms with Gasteiger partial charge in [0.1, 0.15) is 11.4 Å². The molecular weight excluding hydrogens is 397 g/mol. The van der Waals surface area contributed by atoms with Gasteiger partial charge in [0, 0.05) is 24.6 Å². The molecule has 4 rings (SSSR count). The zero-order valence-electron chi connectivity index (χ0n) is 18.2. The molecule has 31 heavy (non-hydrogen) atoms. The molecule has 164 valence electrons. The fourth-order valence-corrected chi connectivity index (χ4v) is 3.77. The summed E-state index contributed by atoms with van der Waals surface area (Å²) < 4.78 is 27.7. The minimum absolute atomic E-state index is 0.189. The van der Waals surface area contributed by atoms with E-state index in [4.69, 9.17) is 9.47 Å². The number of nitrogens with zero attached hydrogens (tertiary/aromatic N) is 3. The Balaban J connectivity index is 1.47. The third kappa shape index (κ3) is 4.98. The van der Waals surface area contributed by atoms with Crippen LogP contribution in [0.4, 0.5) is 9.18 Å². The Kier molecular flexibility index (Phi) is 5.85. The monoisotopic (exact) mass is 425 g/mol. The lowest BCUT2D eigenvalue weighted by Gasteiger charge is -2.24. The Morgan fingerprint density at radius 2 is 1.90 bits per heavy atom. The number of para-hydroxylation sites is 2. The average Bonchev–Trinajstić information content (AvgIpc) is 3.32. The zero-order valence-corrected chi connectivity index (χ0v) is 18.2. The van der Waals surface area contributed by atoms with Gasteiger partial charge in [-0.2, -0.15) is 4.98 Å². The van der Waals surface area contributed by atoms with Crippen molar-refractivity contribution >= 4 is 17.1 Å². The summed E-state index contributed by atoms with van der Waals surface area (Å²) in [5, 5.41) is 0. The lowest BCUT2D eigenvalue weighted by molar-refractivity contribution is 0.0284. The van der Waals surface area contributed by atoms with Crippen LogP contribution in [0.1, 0.15) is 32.8 Å². The summed E-state index contributed by atoms with van der Waals surface area (Å²) in [6.45, 7) is 7.58. The van der Waals surface area contributed by atoms with Gasteiger partial charge in [0.2, 0.25) is 0 Å². The van der Waals surface area contributed by atoms with Crippen LogP contribution in [-0.2, 0) is 11.3 Å². The van der Waals surface area contributed by atoms with E-state index in [0.29, 0.717) is 37.8 Å². The van der Waals surface area contributed by atoms with Crippen molar-refractivity contribution in [1.82, 2.24) is 14.5 Å². The van der Waals surface area contributed by atoms with E-state index in [0.717, 1.165) is 17.5 Å². The maximum absolute atomic E-state index is 14.3. The number of fused-ring (bicyclic) bond motifs is 1. The third-order valence-corrected chi connectivity index (χ3v) is 5.29. The number of rotatable bonds is 5. The van der Waals surface area contributed by atoms with Crippen LogP contribution in [0.15, 0.2) is 48.5 Å². The molecule has 6 nitrogen and oxygen atoms in total. The molecule has 1 atom stereocenters. The maximum atomic E-state index is 14.3. The first kappa shape index (κ1) is 21.2. The second-order valence-corrected chi connectivity index (χ2v) is 8.95. The first-order valence-corrected chi connectivity index (χ1v) is 10.6. The molecular formula is C24H28FN3O3. The highest BCUT2D eigenvalue weighted by atomic mass is 19.1. The van der Waals surface area contributed by atoms with Crippen LogP contribution in [0.2, 0.25) is 0 Å². The quantitative estimate of drug-likeness (QED) is 0.586. The standard InChI is InChI=1S/C24H28FN3O3/c1-24(2,3)31-23(29)27-13-12-17(14-27)16-30-22-26-20-10-6-7-11-21(20)28(22)15-18-8-4-5-9-19(18)25/h4-11,17H,12-16H2,1-3H3. The van der Waals surface area contributed by atoms with E-state index in [-0.39, 0.29) is 17.8 Å². The Morgan fingerprint density at radius 3 is 2.68 bits per heavy atom.